The SMILES string of the molecule is C[C@H](NC(=O)Cn1ccc(=O)c2sccc21)[C@@H]1C[C@H]2CC[C@H]1C2. The summed E-state index contributed by atoms with van der Waals surface area (Å²) < 4.78 is 2.59. The molecule has 4 atom stereocenters. The molecule has 5 heteroatoms. The second-order valence-corrected chi connectivity index (χ2v) is 8.05. The third-order valence-corrected chi connectivity index (χ3v) is 6.64. The van der Waals surface area contributed by atoms with Gasteiger partial charge in [-0.15, -0.1) is 11.3 Å². The molecule has 2 aliphatic rings. The number of nitrogens with one attached hydrogen (secondary N) is 1. The van der Waals surface area contributed by atoms with Gasteiger partial charge in [-0.25, -0.2) is 0 Å². The van der Waals surface area contributed by atoms with Crippen molar-refractivity contribution >= 4 is 27.5 Å². The largest absolute Gasteiger partial charge is 0.352 e. The lowest BCUT2D eigenvalue weighted by Gasteiger charge is -2.28. The molecule has 122 valence electrons. The summed E-state index contributed by atoms with van der Waals surface area (Å²) in [6.45, 7) is 2.42. The molecule has 2 heterocycles. The van der Waals surface area contributed by atoms with Gasteiger partial charge in [0.2, 0.25) is 5.91 Å². The smallest absolute Gasteiger partial charge is 0.240 e. The van der Waals surface area contributed by atoms with Crippen molar-refractivity contribution in [1.82, 2.24) is 9.88 Å². The van der Waals surface area contributed by atoms with Crippen LogP contribution in [0.5, 0.6) is 0 Å². The Bertz CT molecular complexity index is 794. The Morgan fingerprint density at radius 1 is 1.39 bits per heavy atom. The molecule has 0 aromatic carbocycles. The molecule has 2 fully saturated rings. The first-order valence-electron chi connectivity index (χ1n) is 8.48. The third-order valence-electron chi connectivity index (χ3n) is 5.72. The van der Waals surface area contributed by atoms with Crippen LogP contribution in [0, 0.1) is 17.8 Å². The van der Waals surface area contributed by atoms with Crippen LogP contribution in [-0.2, 0) is 11.3 Å². The molecule has 2 saturated carbocycles. The normalized spacial score (nSPS) is 27.4. The minimum absolute atomic E-state index is 0.0296. The summed E-state index contributed by atoms with van der Waals surface area (Å²) in [6, 6.07) is 3.70. The van der Waals surface area contributed by atoms with Crippen LogP contribution >= 0.6 is 11.3 Å². The minimum atomic E-state index is 0.0296. The highest BCUT2D eigenvalue weighted by Gasteiger charge is 2.42. The molecule has 4 rings (SSSR count). The highest BCUT2D eigenvalue weighted by atomic mass is 32.1. The van der Waals surface area contributed by atoms with E-state index < -0.39 is 0 Å². The van der Waals surface area contributed by atoms with Gasteiger partial charge in [0.15, 0.2) is 5.43 Å². The summed E-state index contributed by atoms with van der Waals surface area (Å²) >= 11 is 1.43. The zero-order valence-electron chi connectivity index (χ0n) is 13.3. The van der Waals surface area contributed by atoms with Gasteiger partial charge in [0.1, 0.15) is 6.54 Å². The van der Waals surface area contributed by atoms with Gasteiger partial charge < -0.3 is 9.88 Å². The van der Waals surface area contributed by atoms with Crippen LogP contribution in [0.2, 0.25) is 0 Å². The lowest BCUT2D eigenvalue weighted by atomic mass is 9.84. The van der Waals surface area contributed by atoms with Gasteiger partial charge in [0, 0.05) is 18.3 Å². The number of amides is 1. The highest BCUT2D eigenvalue weighted by Crippen LogP contribution is 2.49. The lowest BCUT2D eigenvalue weighted by molar-refractivity contribution is -0.122. The first-order valence-corrected chi connectivity index (χ1v) is 9.36. The summed E-state index contributed by atoms with van der Waals surface area (Å²) in [5.74, 6) is 2.39. The van der Waals surface area contributed by atoms with Crippen LogP contribution in [0.3, 0.4) is 0 Å². The first-order chi connectivity index (χ1) is 11.1. The number of carbonyl (C=O) groups excluding carboxylic acids is 1. The van der Waals surface area contributed by atoms with Crippen molar-refractivity contribution in [2.75, 3.05) is 0 Å². The Balaban J connectivity index is 1.44. The van der Waals surface area contributed by atoms with E-state index in [1.54, 1.807) is 12.3 Å². The number of aromatic nitrogens is 1. The summed E-state index contributed by atoms with van der Waals surface area (Å²) in [5, 5.41) is 5.09. The van der Waals surface area contributed by atoms with Crippen LogP contribution in [0.15, 0.2) is 28.5 Å². The molecular weight excluding hydrogens is 308 g/mol. The molecule has 2 aliphatic carbocycles. The molecule has 0 radical (unpaired) electrons. The predicted molar refractivity (Wildman–Crippen MR) is 92.6 cm³/mol. The molecule has 1 amide bonds. The van der Waals surface area contributed by atoms with E-state index in [9.17, 15) is 9.59 Å². The maximum atomic E-state index is 12.4. The topological polar surface area (TPSA) is 51.1 Å². The summed E-state index contributed by atoms with van der Waals surface area (Å²) in [6.07, 6.45) is 7.08. The Morgan fingerprint density at radius 3 is 3.00 bits per heavy atom. The number of fused-ring (bicyclic) bond motifs is 3. The fourth-order valence-corrected chi connectivity index (χ4v) is 5.46. The zero-order chi connectivity index (χ0) is 16.0. The Kier molecular flexibility index (Phi) is 3.76. The predicted octanol–water partition coefficient (Wildman–Crippen LogP) is 3.00. The lowest BCUT2D eigenvalue weighted by Crippen LogP contribution is -2.41. The van der Waals surface area contributed by atoms with Crippen molar-refractivity contribution in [2.45, 2.75) is 45.2 Å². The quantitative estimate of drug-likeness (QED) is 0.937. The molecule has 0 spiro atoms. The van der Waals surface area contributed by atoms with Crippen LogP contribution in [-0.4, -0.2) is 16.5 Å². The van der Waals surface area contributed by atoms with Gasteiger partial charge in [0.25, 0.3) is 0 Å². The summed E-state index contributed by atoms with van der Waals surface area (Å²) in [4.78, 5) is 24.2. The minimum Gasteiger partial charge on any atom is -0.352 e. The maximum absolute atomic E-state index is 12.4. The summed E-state index contributed by atoms with van der Waals surface area (Å²) in [5.41, 5.74) is 0.882. The van der Waals surface area contributed by atoms with E-state index in [0.29, 0.717) is 5.92 Å². The van der Waals surface area contributed by atoms with Crippen molar-refractivity contribution in [2.24, 2.45) is 17.8 Å². The first kappa shape index (κ1) is 14.9. The maximum Gasteiger partial charge on any atom is 0.240 e. The van der Waals surface area contributed by atoms with Crippen LogP contribution < -0.4 is 10.7 Å². The number of carbonyl (C=O) groups is 1. The second-order valence-electron chi connectivity index (χ2n) is 7.14. The molecule has 23 heavy (non-hydrogen) atoms. The number of pyridine rings is 1. The highest BCUT2D eigenvalue weighted by molar-refractivity contribution is 7.17. The number of thiophene rings is 1. The molecule has 2 aromatic rings. The Labute approximate surface area is 139 Å². The fourth-order valence-electron chi connectivity index (χ4n) is 4.63. The van der Waals surface area contributed by atoms with E-state index in [4.69, 9.17) is 0 Å². The number of hydrogen-bond donors (Lipinski definition) is 1. The van der Waals surface area contributed by atoms with Crippen molar-refractivity contribution in [3.05, 3.63) is 33.9 Å². The van der Waals surface area contributed by atoms with Gasteiger partial charge in [0.05, 0.1) is 10.2 Å². The second kappa shape index (κ2) is 5.78. The molecular formula is C18H22N2O2S. The van der Waals surface area contributed by atoms with Gasteiger partial charge in [-0.2, -0.15) is 0 Å². The fraction of sp³-hybridized carbons (Fsp3) is 0.556. The van der Waals surface area contributed by atoms with E-state index in [2.05, 4.69) is 12.2 Å². The van der Waals surface area contributed by atoms with Gasteiger partial charge >= 0.3 is 0 Å². The van der Waals surface area contributed by atoms with Gasteiger partial charge in [-0.05, 0) is 55.4 Å². The summed E-state index contributed by atoms with van der Waals surface area (Å²) in [7, 11) is 0. The monoisotopic (exact) mass is 330 g/mol. The van der Waals surface area contributed by atoms with E-state index >= 15 is 0 Å². The molecule has 1 N–H and O–H groups in total. The van der Waals surface area contributed by atoms with E-state index in [0.717, 1.165) is 22.1 Å². The molecule has 4 nitrogen and oxygen atoms in total. The zero-order valence-corrected chi connectivity index (χ0v) is 14.1. The number of hydrogen-bond acceptors (Lipinski definition) is 3. The molecule has 0 saturated heterocycles. The van der Waals surface area contributed by atoms with Crippen LogP contribution in [0.4, 0.5) is 0 Å². The molecule has 2 bridgehead atoms. The van der Waals surface area contributed by atoms with Gasteiger partial charge in [-0.3, -0.25) is 9.59 Å². The Hall–Kier alpha value is -1.62. The molecule has 0 aliphatic heterocycles. The average Bonchev–Trinajstić information content (AvgIpc) is 3.25. The Morgan fingerprint density at radius 2 is 2.26 bits per heavy atom. The van der Waals surface area contributed by atoms with Crippen molar-refractivity contribution in [3.63, 3.8) is 0 Å². The van der Waals surface area contributed by atoms with Crippen LogP contribution in [0.25, 0.3) is 10.2 Å². The van der Waals surface area contributed by atoms with E-state index in [1.165, 1.54) is 37.0 Å². The van der Waals surface area contributed by atoms with E-state index in [-0.39, 0.29) is 23.9 Å². The van der Waals surface area contributed by atoms with Crippen molar-refractivity contribution < 1.29 is 4.79 Å². The third kappa shape index (κ3) is 2.71. The number of nitrogens with zero attached hydrogens (tertiary/aromatic N) is 1. The van der Waals surface area contributed by atoms with E-state index in [1.807, 2.05) is 16.0 Å². The van der Waals surface area contributed by atoms with Crippen LogP contribution in [0.1, 0.15) is 32.6 Å². The van der Waals surface area contributed by atoms with Crippen molar-refractivity contribution in [3.8, 4) is 0 Å². The molecule has 2 aromatic heterocycles. The average molecular weight is 330 g/mol. The molecule has 0 unspecified atom stereocenters. The standard InChI is InChI=1S/C18H22N2O2S/c1-11(14-9-12-2-3-13(14)8-12)19-17(22)10-20-6-4-16(21)18-15(20)5-7-23-18/h4-7,11-14H,2-3,8-10H2,1H3,(H,19,22)/t11-,12-,13-,14-/m0/s1. The number of rotatable bonds is 4. The van der Waals surface area contributed by atoms with Crippen molar-refractivity contribution in [1.29, 1.82) is 0 Å². The van der Waals surface area contributed by atoms with Gasteiger partial charge in [-0.1, -0.05) is 6.42 Å².